The molecule has 0 atom stereocenters. The van der Waals surface area contributed by atoms with Crippen LogP contribution in [0.15, 0.2) is 41.3 Å². The van der Waals surface area contributed by atoms with Crippen molar-refractivity contribution in [1.82, 2.24) is 5.32 Å². The van der Waals surface area contributed by atoms with Gasteiger partial charge in [0.1, 0.15) is 0 Å². The van der Waals surface area contributed by atoms with E-state index in [9.17, 15) is 0 Å². The molecule has 2 heteroatoms. The van der Waals surface area contributed by atoms with Gasteiger partial charge in [-0.25, -0.2) is 0 Å². The smallest absolute Gasteiger partial charge is 0.0205 e. The average Bonchev–Trinajstić information content (AvgIpc) is 2.34. The molecule has 88 valence electrons. The lowest BCUT2D eigenvalue weighted by molar-refractivity contribution is 0.725. The molecule has 0 radical (unpaired) electrons. The first-order chi connectivity index (χ1) is 7.76. The summed E-state index contributed by atoms with van der Waals surface area (Å²) < 4.78 is 0. The summed E-state index contributed by atoms with van der Waals surface area (Å²) in [6, 6.07) is 8.73. The zero-order valence-corrected chi connectivity index (χ0v) is 11.1. The Labute approximate surface area is 103 Å². The quantitative estimate of drug-likeness (QED) is 0.569. The fraction of sp³-hybridized carbons (Fsp3) is 0.429. The summed E-state index contributed by atoms with van der Waals surface area (Å²) in [6.07, 6.45) is 1.07. The van der Waals surface area contributed by atoms with Crippen molar-refractivity contribution in [2.45, 2.75) is 31.7 Å². The molecule has 0 unspecified atom stereocenters. The second-order valence-electron chi connectivity index (χ2n) is 3.82. The lowest BCUT2D eigenvalue weighted by Gasteiger charge is -2.06. The van der Waals surface area contributed by atoms with Crippen LogP contribution in [0.25, 0.3) is 0 Å². The minimum absolute atomic E-state index is 0.958. The Hall–Kier alpha value is -0.730. The van der Waals surface area contributed by atoms with Crippen molar-refractivity contribution in [3.05, 3.63) is 42.0 Å². The van der Waals surface area contributed by atoms with Crippen LogP contribution < -0.4 is 5.32 Å². The van der Waals surface area contributed by atoms with Crippen LogP contribution >= 0.6 is 11.8 Å². The summed E-state index contributed by atoms with van der Waals surface area (Å²) >= 11 is 1.87. The maximum atomic E-state index is 4.03. The summed E-state index contributed by atoms with van der Waals surface area (Å²) in [7, 11) is 0. The highest BCUT2D eigenvalue weighted by Gasteiger charge is 1.98. The number of benzene rings is 1. The molecule has 0 saturated heterocycles. The molecule has 0 spiro atoms. The Morgan fingerprint density at radius 3 is 2.88 bits per heavy atom. The van der Waals surface area contributed by atoms with Gasteiger partial charge in [-0.1, -0.05) is 38.1 Å². The van der Waals surface area contributed by atoms with Crippen molar-refractivity contribution in [1.29, 1.82) is 0 Å². The predicted octanol–water partition coefficient (Wildman–Crippen LogP) is 3.85. The van der Waals surface area contributed by atoms with Crippen LogP contribution in [0.3, 0.4) is 0 Å². The fourth-order valence-electron chi connectivity index (χ4n) is 1.30. The van der Waals surface area contributed by atoms with Crippen molar-refractivity contribution in [2.24, 2.45) is 0 Å². The van der Waals surface area contributed by atoms with Crippen LogP contribution in [-0.2, 0) is 6.54 Å². The Morgan fingerprint density at radius 2 is 2.19 bits per heavy atom. The largest absolute Gasteiger partial charge is 0.313 e. The van der Waals surface area contributed by atoms with E-state index in [0.29, 0.717) is 0 Å². The van der Waals surface area contributed by atoms with Gasteiger partial charge in [0, 0.05) is 17.2 Å². The van der Waals surface area contributed by atoms with Gasteiger partial charge in [0.05, 0.1) is 0 Å². The molecule has 0 heterocycles. The molecule has 0 saturated carbocycles. The molecule has 0 bridgehead atoms. The third-order valence-corrected chi connectivity index (χ3v) is 3.56. The molecule has 1 rings (SSSR count). The van der Waals surface area contributed by atoms with Crippen LogP contribution in [0.4, 0.5) is 0 Å². The normalized spacial score (nSPS) is 10.4. The third-order valence-electron chi connectivity index (χ3n) is 2.42. The highest BCUT2D eigenvalue weighted by atomic mass is 32.2. The summed E-state index contributed by atoms with van der Waals surface area (Å²) in [5.41, 5.74) is 2.66. The molecule has 0 aromatic heterocycles. The summed E-state index contributed by atoms with van der Waals surface area (Å²) in [5, 5.41) is 3.34. The minimum atomic E-state index is 0.958. The zero-order valence-electron chi connectivity index (χ0n) is 10.3. The lowest BCUT2D eigenvalue weighted by atomic mass is 10.2. The Bertz CT molecular complexity index is 333. The van der Waals surface area contributed by atoms with E-state index in [1.165, 1.54) is 16.0 Å². The summed E-state index contributed by atoms with van der Waals surface area (Å²) in [6.45, 7) is 10.3. The van der Waals surface area contributed by atoms with E-state index in [-0.39, 0.29) is 0 Å². The van der Waals surface area contributed by atoms with Gasteiger partial charge in [0.2, 0.25) is 0 Å². The van der Waals surface area contributed by atoms with Crippen LogP contribution in [0, 0.1) is 0 Å². The molecule has 1 nitrogen and oxygen atoms in total. The second-order valence-corrected chi connectivity index (χ2v) is 4.87. The first-order valence-electron chi connectivity index (χ1n) is 5.85. The molecule has 0 aliphatic heterocycles. The van der Waals surface area contributed by atoms with Crippen LogP contribution in [0.5, 0.6) is 0 Å². The number of thioether (sulfide) groups is 1. The van der Waals surface area contributed by atoms with Gasteiger partial charge in [-0.15, -0.1) is 11.8 Å². The SMILES string of the molecule is C=C(CC)CSc1cccc(CNCC)c1. The molecule has 0 aliphatic rings. The van der Waals surface area contributed by atoms with Gasteiger partial charge in [-0.3, -0.25) is 0 Å². The van der Waals surface area contributed by atoms with Gasteiger partial charge in [0.15, 0.2) is 0 Å². The molecule has 1 aromatic carbocycles. The van der Waals surface area contributed by atoms with Gasteiger partial charge in [0.25, 0.3) is 0 Å². The van der Waals surface area contributed by atoms with Crippen molar-refractivity contribution in [2.75, 3.05) is 12.3 Å². The van der Waals surface area contributed by atoms with E-state index < -0.39 is 0 Å². The maximum Gasteiger partial charge on any atom is 0.0205 e. The zero-order chi connectivity index (χ0) is 11.8. The number of hydrogen-bond donors (Lipinski definition) is 1. The van der Waals surface area contributed by atoms with Crippen LogP contribution in [-0.4, -0.2) is 12.3 Å². The third kappa shape index (κ3) is 4.86. The van der Waals surface area contributed by atoms with E-state index in [1.807, 2.05) is 11.8 Å². The summed E-state index contributed by atoms with van der Waals surface area (Å²) in [5.74, 6) is 1.03. The Kier molecular flexibility index (Phi) is 6.27. The molecule has 0 fully saturated rings. The fourth-order valence-corrected chi connectivity index (χ4v) is 2.29. The molecule has 1 N–H and O–H groups in total. The molecule has 16 heavy (non-hydrogen) atoms. The molecule has 0 amide bonds. The highest BCUT2D eigenvalue weighted by Crippen LogP contribution is 2.21. The van der Waals surface area contributed by atoms with Gasteiger partial charge >= 0.3 is 0 Å². The second kappa shape index (κ2) is 7.53. The van der Waals surface area contributed by atoms with Crippen LogP contribution in [0.1, 0.15) is 25.8 Å². The maximum absolute atomic E-state index is 4.03. The van der Waals surface area contributed by atoms with Crippen molar-refractivity contribution in [3.8, 4) is 0 Å². The average molecular weight is 235 g/mol. The van der Waals surface area contributed by atoms with Gasteiger partial charge in [-0.05, 0) is 30.7 Å². The van der Waals surface area contributed by atoms with E-state index in [2.05, 4.69) is 50.0 Å². The Balaban J connectivity index is 2.50. The number of nitrogens with one attached hydrogen (secondary N) is 1. The van der Waals surface area contributed by atoms with Crippen molar-refractivity contribution < 1.29 is 0 Å². The lowest BCUT2D eigenvalue weighted by Crippen LogP contribution is -2.11. The predicted molar refractivity (Wildman–Crippen MR) is 74.0 cm³/mol. The standard InChI is InChI=1S/C14H21NS/c1-4-12(3)11-16-14-8-6-7-13(9-14)10-15-5-2/h6-9,15H,3-5,10-11H2,1-2H3. The first kappa shape index (κ1) is 13.3. The van der Waals surface area contributed by atoms with E-state index in [0.717, 1.165) is 25.3 Å². The molecular weight excluding hydrogens is 214 g/mol. The Morgan fingerprint density at radius 1 is 1.38 bits per heavy atom. The van der Waals surface area contributed by atoms with E-state index in [4.69, 9.17) is 0 Å². The van der Waals surface area contributed by atoms with Crippen LogP contribution in [0.2, 0.25) is 0 Å². The number of hydrogen-bond acceptors (Lipinski definition) is 2. The topological polar surface area (TPSA) is 12.0 Å². The number of rotatable bonds is 7. The minimum Gasteiger partial charge on any atom is -0.313 e. The highest BCUT2D eigenvalue weighted by molar-refractivity contribution is 7.99. The molecule has 0 aliphatic carbocycles. The van der Waals surface area contributed by atoms with Gasteiger partial charge < -0.3 is 5.32 Å². The van der Waals surface area contributed by atoms with Gasteiger partial charge in [-0.2, -0.15) is 0 Å². The van der Waals surface area contributed by atoms with E-state index in [1.54, 1.807) is 0 Å². The van der Waals surface area contributed by atoms with Crippen molar-refractivity contribution >= 4 is 11.8 Å². The monoisotopic (exact) mass is 235 g/mol. The van der Waals surface area contributed by atoms with Crippen molar-refractivity contribution in [3.63, 3.8) is 0 Å². The molecule has 1 aromatic rings. The summed E-state index contributed by atoms with van der Waals surface area (Å²) in [4.78, 5) is 1.34. The molecular formula is C14H21NS. The first-order valence-corrected chi connectivity index (χ1v) is 6.84. The van der Waals surface area contributed by atoms with E-state index >= 15 is 0 Å².